The lowest BCUT2D eigenvalue weighted by Crippen LogP contribution is -2.30. The minimum absolute atomic E-state index is 0.0751. The van der Waals surface area contributed by atoms with Crippen molar-refractivity contribution in [2.75, 3.05) is 12.4 Å². The van der Waals surface area contributed by atoms with Crippen LogP contribution in [0.15, 0.2) is 41.8 Å². The number of thiophene rings is 1. The fourth-order valence-corrected chi connectivity index (χ4v) is 2.97. The average molecular weight is 316 g/mol. The van der Waals surface area contributed by atoms with Crippen molar-refractivity contribution in [1.82, 2.24) is 4.90 Å². The second kappa shape index (κ2) is 7.22. The topological polar surface area (TPSA) is 49.4 Å². The van der Waals surface area contributed by atoms with Crippen LogP contribution in [-0.2, 0) is 16.0 Å². The van der Waals surface area contributed by atoms with E-state index in [1.165, 1.54) is 11.8 Å². The number of benzene rings is 1. The van der Waals surface area contributed by atoms with E-state index in [1.807, 2.05) is 55.7 Å². The lowest BCUT2D eigenvalue weighted by atomic mass is 10.1. The Balaban J connectivity index is 1.97. The van der Waals surface area contributed by atoms with Crippen molar-refractivity contribution >= 4 is 28.8 Å². The van der Waals surface area contributed by atoms with Crippen molar-refractivity contribution in [2.45, 2.75) is 26.3 Å². The summed E-state index contributed by atoms with van der Waals surface area (Å²) in [5.41, 5.74) is 1.67. The Bertz CT molecular complexity index is 635. The van der Waals surface area contributed by atoms with E-state index in [0.717, 1.165) is 11.3 Å². The molecule has 116 valence electrons. The highest BCUT2D eigenvalue weighted by atomic mass is 32.1. The first-order chi connectivity index (χ1) is 10.5. The number of anilines is 1. The molecule has 5 heteroatoms. The smallest absolute Gasteiger partial charge is 0.227 e. The summed E-state index contributed by atoms with van der Waals surface area (Å²) in [6.07, 6.45) is 0.354. The molecule has 1 unspecified atom stereocenters. The van der Waals surface area contributed by atoms with Gasteiger partial charge >= 0.3 is 0 Å². The number of amides is 2. The minimum atomic E-state index is -0.103. The molecule has 2 aromatic rings. The van der Waals surface area contributed by atoms with E-state index in [4.69, 9.17) is 0 Å². The summed E-state index contributed by atoms with van der Waals surface area (Å²) in [5.74, 6) is -0.0264. The second-order valence-corrected chi connectivity index (χ2v) is 6.23. The van der Waals surface area contributed by atoms with Crippen molar-refractivity contribution < 1.29 is 9.59 Å². The van der Waals surface area contributed by atoms with Gasteiger partial charge in [-0.25, -0.2) is 0 Å². The van der Waals surface area contributed by atoms with E-state index in [2.05, 4.69) is 5.32 Å². The van der Waals surface area contributed by atoms with Gasteiger partial charge in [-0.15, -0.1) is 11.3 Å². The molecular weight excluding hydrogens is 296 g/mol. The van der Waals surface area contributed by atoms with E-state index in [-0.39, 0.29) is 17.9 Å². The quantitative estimate of drug-likeness (QED) is 0.918. The number of carbonyl (C=O) groups excluding carboxylic acids is 2. The largest absolute Gasteiger partial charge is 0.338 e. The molecule has 0 radical (unpaired) electrons. The Kier molecular flexibility index (Phi) is 5.33. The molecule has 0 fully saturated rings. The Labute approximate surface area is 134 Å². The molecule has 2 amide bonds. The van der Waals surface area contributed by atoms with Crippen LogP contribution in [-0.4, -0.2) is 23.8 Å². The maximum absolute atomic E-state index is 12.4. The van der Waals surface area contributed by atoms with E-state index in [9.17, 15) is 9.59 Å². The van der Waals surface area contributed by atoms with Gasteiger partial charge in [0.25, 0.3) is 0 Å². The Hall–Kier alpha value is -2.14. The Morgan fingerprint density at radius 2 is 1.91 bits per heavy atom. The van der Waals surface area contributed by atoms with Gasteiger partial charge < -0.3 is 10.2 Å². The van der Waals surface area contributed by atoms with E-state index in [1.54, 1.807) is 16.2 Å². The number of hydrogen-bond donors (Lipinski definition) is 1. The first-order valence-electron chi connectivity index (χ1n) is 7.13. The average Bonchev–Trinajstić information content (AvgIpc) is 3.01. The van der Waals surface area contributed by atoms with Gasteiger partial charge in [0.2, 0.25) is 11.8 Å². The molecule has 1 aromatic heterocycles. The van der Waals surface area contributed by atoms with Crippen molar-refractivity contribution in [3.05, 3.63) is 52.2 Å². The van der Waals surface area contributed by atoms with Crippen molar-refractivity contribution in [3.8, 4) is 0 Å². The summed E-state index contributed by atoms with van der Waals surface area (Å²) < 4.78 is 0. The number of rotatable bonds is 5. The molecule has 2 rings (SSSR count). The van der Waals surface area contributed by atoms with E-state index < -0.39 is 0 Å². The molecule has 0 saturated carbocycles. The van der Waals surface area contributed by atoms with Crippen molar-refractivity contribution in [1.29, 1.82) is 0 Å². The lowest BCUT2D eigenvalue weighted by molar-refractivity contribution is -0.131. The van der Waals surface area contributed by atoms with Gasteiger partial charge in [0.1, 0.15) is 0 Å². The molecule has 1 N–H and O–H groups in total. The van der Waals surface area contributed by atoms with Gasteiger partial charge in [0, 0.05) is 24.5 Å². The van der Waals surface area contributed by atoms with Gasteiger partial charge in [-0.05, 0) is 36.1 Å². The van der Waals surface area contributed by atoms with Gasteiger partial charge in [-0.2, -0.15) is 0 Å². The van der Waals surface area contributed by atoms with Crippen LogP contribution in [0.1, 0.15) is 30.3 Å². The van der Waals surface area contributed by atoms with Crippen LogP contribution in [0.5, 0.6) is 0 Å². The molecule has 22 heavy (non-hydrogen) atoms. The molecular formula is C17H20N2O2S. The number of carbonyl (C=O) groups is 2. The predicted molar refractivity (Wildman–Crippen MR) is 90.0 cm³/mol. The Morgan fingerprint density at radius 3 is 2.45 bits per heavy atom. The second-order valence-electron chi connectivity index (χ2n) is 5.25. The zero-order valence-corrected chi connectivity index (χ0v) is 13.8. The first kappa shape index (κ1) is 16.2. The van der Waals surface area contributed by atoms with Crippen LogP contribution in [0.2, 0.25) is 0 Å². The van der Waals surface area contributed by atoms with Gasteiger partial charge in [0.05, 0.1) is 12.5 Å². The SMILES string of the molecule is CC(=O)Nc1ccc(CC(=O)N(C)C(C)c2cccs2)cc1. The normalized spacial score (nSPS) is 11.8. The molecule has 0 aliphatic rings. The third kappa shape index (κ3) is 4.18. The van der Waals surface area contributed by atoms with Crippen LogP contribution < -0.4 is 5.32 Å². The number of likely N-dealkylation sites (N-methyl/N-ethyl adjacent to an activating group) is 1. The third-order valence-corrected chi connectivity index (χ3v) is 4.60. The van der Waals surface area contributed by atoms with Crippen molar-refractivity contribution in [3.63, 3.8) is 0 Å². The number of hydrogen-bond acceptors (Lipinski definition) is 3. The molecule has 1 aromatic carbocycles. The van der Waals surface area contributed by atoms with Crippen LogP contribution in [0.25, 0.3) is 0 Å². The highest BCUT2D eigenvalue weighted by Gasteiger charge is 2.18. The number of nitrogens with zero attached hydrogens (tertiary/aromatic N) is 1. The van der Waals surface area contributed by atoms with E-state index >= 15 is 0 Å². The number of nitrogens with one attached hydrogen (secondary N) is 1. The molecule has 1 heterocycles. The maximum Gasteiger partial charge on any atom is 0.227 e. The summed E-state index contributed by atoms with van der Waals surface area (Å²) in [6, 6.07) is 11.5. The molecule has 4 nitrogen and oxygen atoms in total. The molecule has 0 spiro atoms. The molecule has 1 atom stereocenters. The van der Waals surface area contributed by atoms with Crippen LogP contribution >= 0.6 is 11.3 Å². The summed E-state index contributed by atoms with van der Waals surface area (Å²) in [5, 5.41) is 4.73. The first-order valence-corrected chi connectivity index (χ1v) is 8.01. The highest BCUT2D eigenvalue weighted by Crippen LogP contribution is 2.24. The molecule has 0 aliphatic heterocycles. The standard InChI is InChI=1S/C17H20N2O2S/c1-12(16-5-4-10-22-16)19(3)17(21)11-14-6-8-15(9-7-14)18-13(2)20/h4-10,12H,11H2,1-3H3,(H,18,20). The molecule has 0 aliphatic carbocycles. The van der Waals surface area contributed by atoms with Gasteiger partial charge in [-0.1, -0.05) is 18.2 Å². The molecule has 0 bridgehead atoms. The predicted octanol–water partition coefficient (Wildman–Crippen LogP) is 3.47. The fraction of sp³-hybridized carbons (Fsp3) is 0.294. The zero-order valence-electron chi connectivity index (χ0n) is 13.0. The third-order valence-electron chi connectivity index (χ3n) is 3.56. The minimum Gasteiger partial charge on any atom is -0.338 e. The van der Waals surface area contributed by atoms with E-state index in [0.29, 0.717) is 6.42 Å². The summed E-state index contributed by atoms with van der Waals surface area (Å²) >= 11 is 1.66. The van der Waals surface area contributed by atoms with Crippen LogP contribution in [0.3, 0.4) is 0 Å². The summed E-state index contributed by atoms with van der Waals surface area (Å²) in [6.45, 7) is 3.50. The summed E-state index contributed by atoms with van der Waals surface area (Å²) in [4.78, 5) is 26.3. The Morgan fingerprint density at radius 1 is 1.23 bits per heavy atom. The van der Waals surface area contributed by atoms with Gasteiger partial charge in [-0.3, -0.25) is 9.59 Å². The molecule has 0 saturated heterocycles. The zero-order chi connectivity index (χ0) is 16.1. The maximum atomic E-state index is 12.4. The summed E-state index contributed by atoms with van der Waals surface area (Å²) in [7, 11) is 1.83. The lowest BCUT2D eigenvalue weighted by Gasteiger charge is -2.24. The van der Waals surface area contributed by atoms with Gasteiger partial charge in [0.15, 0.2) is 0 Å². The monoisotopic (exact) mass is 316 g/mol. The highest BCUT2D eigenvalue weighted by molar-refractivity contribution is 7.10. The fourth-order valence-electron chi connectivity index (χ4n) is 2.14. The van der Waals surface area contributed by atoms with Crippen LogP contribution in [0.4, 0.5) is 5.69 Å². The van der Waals surface area contributed by atoms with Crippen LogP contribution in [0, 0.1) is 0 Å². The van der Waals surface area contributed by atoms with Crippen molar-refractivity contribution in [2.24, 2.45) is 0 Å².